The Morgan fingerprint density at radius 3 is 2.88 bits per heavy atom. The van der Waals surface area contributed by atoms with E-state index in [0.717, 1.165) is 0 Å². The molecule has 1 aliphatic rings. The highest BCUT2D eigenvalue weighted by Gasteiger charge is 2.22. The second-order valence-corrected chi connectivity index (χ2v) is 6.10. The number of rotatable bonds is 1. The monoisotopic (exact) mass is 349 g/mol. The quantitative estimate of drug-likeness (QED) is 0.607. The lowest BCUT2D eigenvalue weighted by Crippen LogP contribution is -2.25. The van der Waals surface area contributed by atoms with Crippen LogP contribution in [0.5, 0.6) is 0 Å². The number of nitrogens with one attached hydrogen (secondary N) is 1. The van der Waals surface area contributed by atoms with Crippen molar-refractivity contribution in [3.05, 3.63) is 62.9 Å². The van der Waals surface area contributed by atoms with Gasteiger partial charge in [0.25, 0.3) is 5.56 Å². The molecule has 0 saturated heterocycles. The number of nitrogen functional groups attached to an aromatic ring is 1. The minimum absolute atomic E-state index is 0.171. The van der Waals surface area contributed by atoms with Gasteiger partial charge in [0.05, 0.1) is 23.5 Å². The van der Waals surface area contributed by atoms with E-state index >= 15 is 0 Å². The van der Waals surface area contributed by atoms with Crippen LogP contribution in [0.4, 0.5) is 11.6 Å². The highest BCUT2D eigenvalue weighted by atomic mass is 32.1. The van der Waals surface area contributed by atoms with Crippen molar-refractivity contribution in [2.75, 3.05) is 11.1 Å². The number of thiazole rings is 1. The number of aliphatic imine (C=N–C) groups is 1. The molecule has 0 aliphatic carbocycles. The van der Waals surface area contributed by atoms with E-state index < -0.39 is 0 Å². The summed E-state index contributed by atoms with van der Waals surface area (Å²) in [7, 11) is 0. The van der Waals surface area contributed by atoms with Crippen molar-refractivity contribution in [2.24, 2.45) is 10.7 Å². The molecule has 1 aromatic carbocycles. The van der Waals surface area contributed by atoms with Crippen molar-refractivity contribution >= 4 is 39.5 Å². The van der Waals surface area contributed by atoms with Gasteiger partial charge >= 0.3 is 0 Å². The molecule has 0 saturated carbocycles. The standard InChI is InChI=1S/C16H11N7OS/c17-5-8-3-1-2-4-9(8)13-20-6-10(18)12-14(21-13)22-16-23(15(12)24)11(19)7-25-16/h1-4,6-7H,18-19H2,(H,20,21). The molecule has 8 nitrogen and oxygen atoms in total. The molecule has 0 unspecified atom stereocenters. The summed E-state index contributed by atoms with van der Waals surface area (Å²) in [4.78, 5) is 21.9. The summed E-state index contributed by atoms with van der Waals surface area (Å²) in [6.07, 6.45) is 1.38. The van der Waals surface area contributed by atoms with Gasteiger partial charge < -0.3 is 16.8 Å². The summed E-state index contributed by atoms with van der Waals surface area (Å²) >= 11 is 1.25. The Labute approximate surface area is 145 Å². The molecule has 0 radical (unpaired) electrons. The average Bonchev–Trinajstić information content (AvgIpc) is 2.90. The molecule has 0 atom stereocenters. The average molecular weight is 349 g/mol. The lowest BCUT2D eigenvalue weighted by molar-refractivity contribution is 1.08. The number of nitrogens with zero attached hydrogens (tertiary/aromatic N) is 4. The van der Waals surface area contributed by atoms with Crippen LogP contribution >= 0.6 is 11.3 Å². The van der Waals surface area contributed by atoms with Crippen LogP contribution in [0.1, 0.15) is 16.7 Å². The SMILES string of the molecule is N#Cc1ccccc1C1=NC=C(N)c2c(nc3scc(N)n3c2=O)N1. The molecule has 2 aromatic heterocycles. The molecule has 0 fully saturated rings. The Morgan fingerprint density at radius 2 is 2.08 bits per heavy atom. The van der Waals surface area contributed by atoms with Crippen molar-refractivity contribution in [2.45, 2.75) is 0 Å². The summed E-state index contributed by atoms with van der Waals surface area (Å²) in [5, 5.41) is 14.0. The number of anilines is 2. The van der Waals surface area contributed by atoms with Crippen LogP contribution in [0.25, 0.3) is 10.7 Å². The first-order valence-electron chi connectivity index (χ1n) is 7.20. The summed E-state index contributed by atoms with van der Waals surface area (Å²) in [5.41, 5.74) is 12.9. The van der Waals surface area contributed by atoms with E-state index in [1.807, 2.05) is 0 Å². The zero-order valence-electron chi connectivity index (χ0n) is 12.7. The third-order valence-corrected chi connectivity index (χ3v) is 4.60. The van der Waals surface area contributed by atoms with E-state index in [4.69, 9.17) is 11.5 Å². The second-order valence-electron chi connectivity index (χ2n) is 5.26. The van der Waals surface area contributed by atoms with Crippen molar-refractivity contribution in [3.8, 4) is 6.07 Å². The number of amidine groups is 1. The molecule has 4 rings (SSSR count). The van der Waals surface area contributed by atoms with Crippen molar-refractivity contribution in [3.63, 3.8) is 0 Å². The molecule has 0 amide bonds. The van der Waals surface area contributed by atoms with Crippen molar-refractivity contribution < 1.29 is 0 Å². The van der Waals surface area contributed by atoms with E-state index in [-0.39, 0.29) is 22.6 Å². The maximum atomic E-state index is 12.8. The maximum absolute atomic E-state index is 12.8. The number of nitrogens with two attached hydrogens (primary N) is 2. The first kappa shape index (κ1) is 14.9. The molecule has 0 bridgehead atoms. The zero-order valence-corrected chi connectivity index (χ0v) is 13.5. The van der Waals surface area contributed by atoms with Crippen molar-refractivity contribution in [1.29, 1.82) is 5.26 Å². The Hall–Kier alpha value is -3.64. The summed E-state index contributed by atoms with van der Waals surface area (Å²) in [6.45, 7) is 0. The number of hydrogen-bond donors (Lipinski definition) is 3. The predicted molar refractivity (Wildman–Crippen MR) is 97.2 cm³/mol. The Balaban J connectivity index is 1.95. The van der Waals surface area contributed by atoms with Gasteiger partial charge in [-0.15, -0.1) is 11.3 Å². The van der Waals surface area contributed by atoms with Crippen LogP contribution < -0.4 is 22.3 Å². The first-order valence-corrected chi connectivity index (χ1v) is 8.08. The van der Waals surface area contributed by atoms with Gasteiger partial charge in [0.2, 0.25) is 0 Å². The fourth-order valence-corrected chi connectivity index (χ4v) is 3.36. The topological polar surface area (TPSA) is 135 Å². The van der Waals surface area contributed by atoms with Gasteiger partial charge in [0.15, 0.2) is 4.96 Å². The molecule has 3 aromatic rings. The van der Waals surface area contributed by atoms with Crippen LogP contribution in [0.3, 0.4) is 0 Å². The Morgan fingerprint density at radius 1 is 1.28 bits per heavy atom. The minimum atomic E-state index is -0.370. The van der Waals surface area contributed by atoms with Gasteiger partial charge in [0.1, 0.15) is 23.0 Å². The molecule has 3 heterocycles. The normalized spacial score (nSPS) is 13.2. The van der Waals surface area contributed by atoms with E-state index in [2.05, 4.69) is 21.4 Å². The maximum Gasteiger partial charge on any atom is 0.271 e. The van der Waals surface area contributed by atoms with E-state index in [1.54, 1.807) is 29.6 Å². The Bertz CT molecular complexity index is 1180. The Kier molecular flexibility index (Phi) is 3.26. The van der Waals surface area contributed by atoms with Gasteiger partial charge in [-0.3, -0.25) is 4.79 Å². The van der Waals surface area contributed by atoms with Gasteiger partial charge in [0, 0.05) is 10.9 Å². The molecule has 5 N–H and O–H groups in total. The van der Waals surface area contributed by atoms with Crippen LogP contribution in [-0.2, 0) is 0 Å². The fraction of sp³-hybridized carbons (Fsp3) is 0. The number of fused-ring (bicyclic) bond motifs is 2. The third kappa shape index (κ3) is 2.24. The molecular formula is C16H11N7OS. The molecule has 1 aliphatic heterocycles. The summed E-state index contributed by atoms with van der Waals surface area (Å²) < 4.78 is 1.31. The molecule has 25 heavy (non-hydrogen) atoms. The second kappa shape index (κ2) is 5.47. The van der Waals surface area contributed by atoms with Crippen LogP contribution in [0.2, 0.25) is 0 Å². The van der Waals surface area contributed by atoms with Crippen LogP contribution in [-0.4, -0.2) is 15.2 Å². The number of aromatic nitrogens is 2. The highest BCUT2D eigenvalue weighted by molar-refractivity contribution is 7.15. The largest absolute Gasteiger partial charge is 0.397 e. The minimum Gasteiger partial charge on any atom is -0.397 e. The lowest BCUT2D eigenvalue weighted by Gasteiger charge is -2.11. The smallest absolute Gasteiger partial charge is 0.271 e. The fourth-order valence-electron chi connectivity index (χ4n) is 2.59. The van der Waals surface area contributed by atoms with Gasteiger partial charge in [-0.25, -0.2) is 14.4 Å². The number of hydrogen-bond acceptors (Lipinski definition) is 8. The predicted octanol–water partition coefficient (Wildman–Crippen LogP) is 1.34. The van der Waals surface area contributed by atoms with Crippen LogP contribution in [0, 0.1) is 11.3 Å². The molecule has 122 valence electrons. The van der Waals surface area contributed by atoms with Crippen LogP contribution in [0.15, 0.2) is 45.6 Å². The van der Waals surface area contributed by atoms with Gasteiger partial charge in [-0.2, -0.15) is 5.26 Å². The van der Waals surface area contributed by atoms with E-state index in [9.17, 15) is 10.1 Å². The number of nitriles is 1. The zero-order chi connectivity index (χ0) is 17.6. The molecule has 0 spiro atoms. The highest BCUT2D eigenvalue weighted by Crippen LogP contribution is 2.24. The third-order valence-electron chi connectivity index (χ3n) is 3.76. The summed E-state index contributed by atoms with van der Waals surface area (Å²) in [5.74, 6) is 0.970. The molecular weight excluding hydrogens is 338 g/mol. The first-order chi connectivity index (χ1) is 12.1. The molecule has 9 heteroatoms. The van der Waals surface area contributed by atoms with Crippen molar-refractivity contribution in [1.82, 2.24) is 9.38 Å². The van der Waals surface area contributed by atoms with E-state index in [0.29, 0.717) is 27.7 Å². The lowest BCUT2D eigenvalue weighted by atomic mass is 10.1. The van der Waals surface area contributed by atoms with Gasteiger partial charge in [-0.1, -0.05) is 12.1 Å². The number of benzene rings is 1. The van der Waals surface area contributed by atoms with E-state index in [1.165, 1.54) is 21.9 Å². The summed E-state index contributed by atoms with van der Waals surface area (Å²) in [6, 6.07) is 9.12. The van der Waals surface area contributed by atoms with Gasteiger partial charge in [-0.05, 0) is 12.1 Å².